The third-order valence-electron chi connectivity index (χ3n) is 2.47. The molecule has 0 aliphatic carbocycles. The van der Waals surface area contributed by atoms with Crippen LogP contribution in [-0.4, -0.2) is 9.78 Å². The topological polar surface area (TPSA) is 57.0 Å². The van der Waals surface area contributed by atoms with Crippen molar-refractivity contribution in [3.63, 3.8) is 0 Å². The molecule has 0 saturated carbocycles. The van der Waals surface area contributed by atoms with Gasteiger partial charge in [0.2, 0.25) is 0 Å². The van der Waals surface area contributed by atoms with Gasteiger partial charge in [-0.1, -0.05) is 18.5 Å². The Hall–Kier alpha value is -1.26. The van der Waals surface area contributed by atoms with Gasteiger partial charge in [0, 0.05) is 12.1 Å². The van der Waals surface area contributed by atoms with Gasteiger partial charge in [-0.25, -0.2) is 0 Å². The second kappa shape index (κ2) is 4.72. The number of aryl methyl sites for hydroxylation is 1. The number of furan rings is 1. The molecule has 1 atom stereocenters. The highest BCUT2D eigenvalue weighted by atomic mass is 35.5. The normalized spacial score (nSPS) is 12.9. The third kappa shape index (κ3) is 1.99. The minimum Gasteiger partial charge on any atom is -0.472 e. The van der Waals surface area contributed by atoms with Crippen molar-refractivity contribution in [1.82, 2.24) is 9.78 Å². The zero-order valence-electron chi connectivity index (χ0n) is 9.06. The summed E-state index contributed by atoms with van der Waals surface area (Å²) in [5.41, 5.74) is 7.87. The predicted molar refractivity (Wildman–Crippen MR) is 62.3 cm³/mol. The Morgan fingerprint density at radius 1 is 1.62 bits per heavy atom. The lowest BCUT2D eigenvalue weighted by molar-refractivity contribution is 0.546. The number of rotatable bonds is 4. The molecule has 16 heavy (non-hydrogen) atoms. The van der Waals surface area contributed by atoms with E-state index in [1.165, 1.54) is 0 Å². The second-order valence-corrected chi connectivity index (χ2v) is 4.04. The van der Waals surface area contributed by atoms with E-state index in [9.17, 15) is 0 Å². The smallest absolute Gasteiger partial charge is 0.0954 e. The Kier molecular flexibility index (Phi) is 3.31. The van der Waals surface area contributed by atoms with Gasteiger partial charge in [-0.2, -0.15) is 5.10 Å². The molecule has 4 nitrogen and oxygen atoms in total. The number of hydrogen-bond donors (Lipinski definition) is 1. The summed E-state index contributed by atoms with van der Waals surface area (Å²) in [6.45, 7) is 2.90. The molecule has 2 aromatic heterocycles. The molecule has 1 unspecified atom stereocenters. The van der Waals surface area contributed by atoms with Crippen molar-refractivity contribution >= 4 is 11.6 Å². The van der Waals surface area contributed by atoms with Gasteiger partial charge >= 0.3 is 0 Å². The lowest BCUT2D eigenvalue weighted by Gasteiger charge is -2.12. The lowest BCUT2D eigenvalue weighted by Crippen LogP contribution is -2.17. The van der Waals surface area contributed by atoms with Gasteiger partial charge < -0.3 is 10.2 Å². The number of nitrogens with zero attached hydrogens (tertiary/aromatic N) is 2. The van der Waals surface area contributed by atoms with Crippen molar-refractivity contribution in [3.05, 3.63) is 41.1 Å². The van der Waals surface area contributed by atoms with Crippen molar-refractivity contribution in [2.24, 2.45) is 5.73 Å². The molecule has 0 amide bonds. The monoisotopic (exact) mass is 239 g/mol. The fraction of sp³-hybridized carbons (Fsp3) is 0.364. The van der Waals surface area contributed by atoms with Gasteiger partial charge in [-0.05, 0) is 12.5 Å². The quantitative estimate of drug-likeness (QED) is 0.892. The van der Waals surface area contributed by atoms with E-state index >= 15 is 0 Å². The van der Waals surface area contributed by atoms with Gasteiger partial charge in [0.1, 0.15) is 0 Å². The van der Waals surface area contributed by atoms with E-state index in [4.69, 9.17) is 21.8 Å². The maximum Gasteiger partial charge on any atom is 0.0954 e. The summed E-state index contributed by atoms with van der Waals surface area (Å²) in [4.78, 5) is 0. The van der Waals surface area contributed by atoms with E-state index in [1.54, 1.807) is 18.7 Å². The zero-order valence-corrected chi connectivity index (χ0v) is 9.81. The largest absolute Gasteiger partial charge is 0.472 e. The van der Waals surface area contributed by atoms with Crippen molar-refractivity contribution in [3.8, 4) is 0 Å². The summed E-state index contributed by atoms with van der Waals surface area (Å²) in [6.07, 6.45) is 5.85. The minimum atomic E-state index is -0.291. The van der Waals surface area contributed by atoms with Gasteiger partial charge in [0.05, 0.1) is 35.5 Å². The SMILES string of the molecule is CCCn1ncc(Cl)c1C(N)c1ccoc1. The molecule has 86 valence electrons. The second-order valence-electron chi connectivity index (χ2n) is 3.64. The summed E-state index contributed by atoms with van der Waals surface area (Å²) in [5.74, 6) is 0. The first kappa shape index (κ1) is 11.2. The maximum atomic E-state index is 6.13. The minimum absolute atomic E-state index is 0.291. The molecular weight excluding hydrogens is 226 g/mol. The molecule has 2 heterocycles. The molecule has 0 aliphatic heterocycles. The van der Waals surface area contributed by atoms with E-state index in [-0.39, 0.29) is 6.04 Å². The third-order valence-corrected chi connectivity index (χ3v) is 2.76. The summed E-state index contributed by atoms with van der Waals surface area (Å²) in [5, 5.41) is 4.81. The molecular formula is C11H14ClN3O. The maximum absolute atomic E-state index is 6.13. The van der Waals surface area contributed by atoms with E-state index in [2.05, 4.69) is 12.0 Å². The van der Waals surface area contributed by atoms with Crippen LogP contribution in [0.4, 0.5) is 0 Å². The van der Waals surface area contributed by atoms with Crippen molar-refractivity contribution in [1.29, 1.82) is 0 Å². The Bertz CT molecular complexity index is 450. The number of aromatic nitrogens is 2. The Morgan fingerprint density at radius 3 is 3.06 bits per heavy atom. The molecule has 0 radical (unpaired) electrons. The first-order valence-corrected chi connectivity index (χ1v) is 5.60. The molecule has 2 rings (SSSR count). The fourth-order valence-corrected chi connectivity index (χ4v) is 1.94. The first-order chi connectivity index (χ1) is 7.74. The predicted octanol–water partition coefficient (Wildman–Crippen LogP) is 2.59. The highest BCUT2D eigenvalue weighted by Gasteiger charge is 2.18. The summed E-state index contributed by atoms with van der Waals surface area (Å²) in [6, 6.07) is 1.55. The van der Waals surface area contributed by atoms with Gasteiger partial charge in [0.25, 0.3) is 0 Å². The molecule has 0 aromatic carbocycles. The van der Waals surface area contributed by atoms with Crippen LogP contribution >= 0.6 is 11.6 Å². The molecule has 0 saturated heterocycles. The summed E-state index contributed by atoms with van der Waals surface area (Å²) in [7, 11) is 0. The molecule has 0 bridgehead atoms. The average Bonchev–Trinajstić information content (AvgIpc) is 2.88. The molecule has 0 fully saturated rings. The van der Waals surface area contributed by atoms with E-state index in [1.807, 2.05) is 10.7 Å². The zero-order chi connectivity index (χ0) is 11.5. The molecule has 2 aromatic rings. The van der Waals surface area contributed by atoms with E-state index in [0.717, 1.165) is 24.2 Å². The fourth-order valence-electron chi connectivity index (χ4n) is 1.68. The van der Waals surface area contributed by atoms with Crippen LogP contribution in [0.15, 0.2) is 29.2 Å². The highest BCUT2D eigenvalue weighted by Crippen LogP contribution is 2.26. The number of nitrogens with two attached hydrogens (primary N) is 1. The van der Waals surface area contributed by atoms with Crippen molar-refractivity contribution in [2.75, 3.05) is 0 Å². The molecule has 0 spiro atoms. The van der Waals surface area contributed by atoms with Crippen LogP contribution in [-0.2, 0) is 6.54 Å². The Morgan fingerprint density at radius 2 is 2.44 bits per heavy atom. The van der Waals surface area contributed by atoms with Crippen LogP contribution in [0.1, 0.15) is 30.6 Å². The molecule has 0 aliphatic rings. The van der Waals surface area contributed by atoms with Crippen LogP contribution in [0.5, 0.6) is 0 Å². The van der Waals surface area contributed by atoms with E-state index in [0.29, 0.717) is 5.02 Å². The Labute approximate surface area is 99.0 Å². The first-order valence-electron chi connectivity index (χ1n) is 5.23. The molecule has 5 heteroatoms. The lowest BCUT2D eigenvalue weighted by atomic mass is 10.1. The van der Waals surface area contributed by atoms with Gasteiger partial charge in [-0.15, -0.1) is 0 Å². The average molecular weight is 240 g/mol. The highest BCUT2D eigenvalue weighted by molar-refractivity contribution is 6.31. The van der Waals surface area contributed by atoms with Crippen LogP contribution < -0.4 is 5.73 Å². The number of hydrogen-bond acceptors (Lipinski definition) is 3. The Balaban J connectivity index is 2.35. The van der Waals surface area contributed by atoms with Gasteiger partial charge in [0.15, 0.2) is 0 Å². The van der Waals surface area contributed by atoms with E-state index < -0.39 is 0 Å². The van der Waals surface area contributed by atoms with Gasteiger partial charge in [-0.3, -0.25) is 4.68 Å². The van der Waals surface area contributed by atoms with Crippen molar-refractivity contribution < 1.29 is 4.42 Å². The summed E-state index contributed by atoms with van der Waals surface area (Å²) >= 11 is 6.10. The van der Waals surface area contributed by atoms with Crippen molar-refractivity contribution in [2.45, 2.75) is 25.9 Å². The van der Waals surface area contributed by atoms with Crippen LogP contribution in [0.3, 0.4) is 0 Å². The standard InChI is InChI=1S/C11H14ClN3O/c1-2-4-15-11(9(12)6-14-15)10(13)8-3-5-16-7-8/h3,5-7,10H,2,4,13H2,1H3. The molecule has 2 N–H and O–H groups in total. The number of halogens is 1. The summed E-state index contributed by atoms with van der Waals surface area (Å²) < 4.78 is 6.87. The van der Waals surface area contributed by atoms with Crippen LogP contribution in [0.2, 0.25) is 5.02 Å². The van der Waals surface area contributed by atoms with Crippen LogP contribution in [0, 0.1) is 0 Å². The van der Waals surface area contributed by atoms with Crippen LogP contribution in [0.25, 0.3) is 0 Å².